The predicted octanol–water partition coefficient (Wildman–Crippen LogP) is 4.24. The molecule has 0 bridgehead atoms. The van der Waals surface area contributed by atoms with Gasteiger partial charge in [-0.15, -0.1) is 0 Å². The Kier molecular flexibility index (Phi) is 10.5. The normalized spacial score (nSPS) is 11.4. The maximum atomic E-state index is 11.7. The van der Waals surface area contributed by atoms with Gasteiger partial charge in [-0.05, 0) is 41.0 Å². The highest BCUT2D eigenvalue weighted by Crippen LogP contribution is 2.29. The number of esters is 1. The summed E-state index contributed by atoms with van der Waals surface area (Å²) in [5.74, 6) is 6.74. The van der Waals surface area contributed by atoms with Gasteiger partial charge in [-0.3, -0.25) is 9.78 Å². The SMILES string of the molecule is COc1c(C)cnc(Cn2cc(C#CCOCCCOCCC(=O)OC(C)(C)C)c3c(Cl)nc(N)nc32)c1C. The molecule has 0 amide bonds. The zero-order valence-corrected chi connectivity index (χ0v) is 24.1. The van der Waals surface area contributed by atoms with E-state index in [-0.39, 0.29) is 30.1 Å². The molecule has 2 N–H and O–H groups in total. The Bertz CT molecular complexity index is 1370. The van der Waals surface area contributed by atoms with Crippen LogP contribution in [0.25, 0.3) is 11.0 Å². The number of methoxy groups -OCH3 is 1. The fraction of sp³-hybridized carbons (Fsp3) is 0.500. The molecule has 3 aromatic rings. The topological polar surface area (TPSA) is 124 Å². The second-order valence-corrected chi connectivity index (χ2v) is 10.3. The first kappa shape index (κ1) is 30.2. The fourth-order valence-corrected chi connectivity index (χ4v) is 4.21. The van der Waals surface area contributed by atoms with Crippen molar-refractivity contribution in [2.24, 2.45) is 0 Å². The number of hydrogen-bond donors (Lipinski definition) is 1. The molecule has 0 radical (unpaired) electrons. The van der Waals surface area contributed by atoms with Gasteiger partial charge in [0.1, 0.15) is 28.8 Å². The summed E-state index contributed by atoms with van der Waals surface area (Å²) in [4.78, 5) is 24.8. The molecule has 0 aliphatic carbocycles. The maximum absolute atomic E-state index is 11.7. The number of aromatic nitrogens is 4. The molecule has 0 fully saturated rings. The number of carbonyl (C=O) groups is 1. The van der Waals surface area contributed by atoms with Crippen molar-refractivity contribution < 1.29 is 23.7 Å². The molecular weight excluding hydrogens is 522 g/mol. The highest BCUT2D eigenvalue weighted by atomic mass is 35.5. The molecule has 3 rings (SSSR count). The molecule has 0 aromatic carbocycles. The molecular formula is C28H36ClN5O5. The number of nitrogen functional groups attached to an aromatic ring is 1. The van der Waals surface area contributed by atoms with Gasteiger partial charge in [0.05, 0.1) is 49.9 Å². The lowest BCUT2D eigenvalue weighted by Gasteiger charge is -2.19. The second kappa shape index (κ2) is 13.6. The largest absolute Gasteiger partial charge is 0.496 e. The van der Waals surface area contributed by atoms with E-state index in [1.165, 1.54) is 0 Å². The monoisotopic (exact) mass is 557 g/mol. The van der Waals surface area contributed by atoms with Crippen LogP contribution in [0.5, 0.6) is 5.75 Å². The summed E-state index contributed by atoms with van der Waals surface area (Å²) >= 11 is 6.44. The Morgan fingerprint density at radius 2 is 1.90 bits per heavy atom. The second-order valence-electron chi connectivity index (χ2n) is 9.94. The number of nitrogens with zero attached hydrogens (tertiary/aromatic N) is 4. The Labute approximate surface area is 234 Å². The number of carbonyl (C=O) groups excluding carboxylic acids is 1. The molecule has 3 aromatic heterocycles. The molecule has 0 unspecified atom stereocenters. The van der Waals surface area contributed by atoms with Gasteiger partial charge in [0, 0.05) is 30.1 Å². The van der Waals surface area contributed by atoms with Crippen molar-refractivity contribution in [3.05, 3.63) is 39.9 Å². The van der Waals surface area contributed by atoms with Gasteiger partial charge >= 0.3 is 5.97 Å². The van der Waals surface area contributed by atoms with E-state index in [1.807, 2.05) is 45.4 Å². The third kappa shape index (κ3) is 8.55. The van der Waals surface area contributed by atoms with E-state index in [1.54, 1.807) is 13.3 Å². The molecule has 11 heteroatoms. The number of anilines is 1. The van der Waals surface area contributed by atoms with Gasteiger partial charge in [0.25, 0.3) is 0 Å². The highest BCUT2D eigenvalue weighted by molar-refractivity contribution is 6.34. The van der Waals surface area contributed by atoms with Gasteiger partial charge in [-0.25, -0.2) is 4.98 Å². The van der Waals surface area contributed by atoms with E-state index in [4.69, 9.17) is 36.3 Å². The van der Waals surface area contributed by atoms with Gasteiger partial charge in [0.2, 0.25) is 5.95 Å². The Balaban J connectivity index is 1.58. The standard InChI is InChI=1S/C28H36ClN5O5/c1-18-15-31-21(19(2)24(18)36-6)17-34-16-20(23-25(29)32-27(30)33-26(23)34)9-7-11-37-12-8-13-38-14-10-22(35)39-28(3,4)5/h15-16H,8,10-14,17H2,1-6H3,(H2,30,32,33). The smallest absolute Gasteiger partial charge is 0.308 e. The number of nitrogens with two attached hydrogens (primary N) is 1. The lowest BCUT2D eigenvalue weighted by molar-refractivity contribution is -0.156. The van der Waals surface area contributed by atoms with Crippen LogP contribution in [-0.4, -0.2) is 64.6 Å². The quantitative estimate of drug-likeness (QED) is 0.159. The number of aryl methyl sites for hydroxylation is 1. The van der Waals surface area contributed by atoms with Crippen LogP contribution in [0.1, 0.15) is 56.0 Å². The average Bonchev–Trinajstić information content (AvgIpc) is 3.18. The molecule has 0 atom stereocenters. The summed E-state index contributed by atoms with van der Waals surface area (Å²) in [7, 11) is 1.65. The third-order valence-electron chi connectivity index (χ3n) is 5.60. The van der Waals surface area contributed by atoms with Gasteiger partial charge in [0.15, 0.2) is 0 Å². The van der Waals surface area contributed by atoms with E-state index in [2.05, 4.69) is 26.8 Å². The van der Waals surface area contributed by atoms with Crippen molar-refractivity contribution >= 4 is 34.6 Å². The van der Waals surface area contributed by atoms with Gasteiger partial charge < -0.3 is 29.2 Å². The molecule has 0 aliphatic rings. The maximum Gasteiger partial charge on any atom is 0.308 e. The number of rotatable bonds is 11. The van der Waals surface area contributed by atoms with Crippen LogP contribution in [0.15, 0.2) is 12.4 Å². The highest BCUT2D eigenvalue weighted by Gasteiger charge is 2.18. The summed E-state index contributed by atoms with van der Waals surface area (Å²) in [5, 5.41) is 0.852. The van der Waals surface area contributed by atoms with E-state index < -0.39 is 5.60 Å². The van der Waals surface area contributed by atoms with Crippen LogP contribution in [0.2, 0.25) is 5.15 Å². The first-order valence-electron chi connectivity index (χ1n) is 12.7. The van der Waals surface area contributed by atoms with Crippen LogP contribution in [0.4, 0.5) is 5.95 Å². The molecule has 0 saturated heterocycles. The van der Waals surface area contributed by atoms with Crippen molar-refractivity contribution in [1.29, 1.82) is 0 Å². The molecule has 3 heterocycles. The lowest BCUT2D eigenvalue weighted by Crippen LogP contribution is -2.24. The Hall–Kier alpha value is -3.39. The molecule has 39 heavy (non-hydrogen) atoms. The minimum Gasteiger partial charge on any atom is -0.496 e. The summed E-state index contributed by atoms with van der Waals surface area (Å²) in [6, 6.07) is 0. The van der Waals surface area contributed by atoms with Gasteiger partial charge in [-0.2, -0.15) is 4.98 Å². The third-order valence-corrected chi connectivity index (χ3v) is 5.88. The minimum absolute atomic E-state index is 0.0779. The summed E-state index contributed by atoms with van der Waals surface area (Å²) in [5.41, 5.74) is 9.38. The first-order chi connectivity index (χ1) is 18.5. The number of halogens is 1. The molecule has 10 nitrogen and oxygen atoms in total. The summed E-state index contributed by atoms with van der Waals surface area (Å²) in [6.45, 7) is 11.4. The van der Waals surface area contributed by atoms with Crippen LogP contribution in [0, 0.1) is 25.7 Å². The molecule has 0 aliphatic heterocycles. The number of pyridine rings is 1. The zero-order chi connectivity index (χ0) is 28.6. The number of ether oxygens (including phenoxy) is 4. The first-order valence-corrected chi connectivity index (χ1v) is 13.0. The molecule has 210 valence electrons. The van der Waals surface area contributed by atoms with E-state index in [9.17, 15) is 4.79 Å². The van der Waals surface area contributed by atoms with Crippen LogP contribution in [0.3, 0.4) is 0 Å². The summed E-state index contributed by atoms with van der Waals surface area (Å²) < 4.78 is 23.8. The van der Waals surface area contributed by atoms with Crippen LogP contribution >= 0.6 is 11.6 Å². The lowest BCUT2D eigenvalue weighted by atomic mass is 10.1. The van der Waals surface area contributed by atoms with Crippen LogP contribution in [-0.2, 0) is 25.5 Å². The Morgan fingerprint density at radius 3 is 2.62 bits per heavy atom. The zero-order valence-electron chi connectivity index (χ0n) is 23.4. The number of fused-ring (bicyclic) bond motifs is 1. The Morgan fingerprint density at radius 1 is 1.15 bits per heavy atom. The van der Waals surface area contributed by atoms with Crippen molar-refractivity contribution in [2.75, 3.05) is 39.3 Å². The van der Waals surface area contributed by atoms with E-state index in [0.717, 1.165) is 22.6 Å². The van der Waals surface area contributed by atoms with Crippen molar-refractivity contribution in [3.63, 3.8) is 0 Å². The van der Waals surface area contributed by atoms with E-state index >= 15 is 0 Å². The van der Waals surface area contributed by atoms with E-state index in [0.29, 0.717) is 49.4 Å². The fourth-order valence-electron chi connectivity index (χ4n) is 3.93. The minimum atomic E-state index is -0.488. The summed E-state index contributed by atoms with van der Waals surface area (Å²) in [6.07, 6.45) is 4.56. The number of hydrogen-bond acceptors (Lipinski definition) is 9. The molecule has 0 spiro atoms. The predicted molar refractivity (Wildman–Crippen MR) is 150 cm³/mol. The van der Waals surface area contributed by atoms with Crippen molar-refractivity contribution in [2.45, 2.75) is 59.6 Å². The van der Waals surface area contributed by atoms with Crippen molar-refractivity contribution in [1.82, 2.24) is 19.5 Å². The average molecular weight is 558 g/mol. The van der Waals surface area contributed by atoms with Crippen molar-refractivity contribution in [3.8, 4) is 17.6 Å². The van der Waals surface area contributed by atoms with Crippen LogP contribution < -0.4 is 10.5 Å². The molecule has 0 saturated carbocycles. The van der Waals surface area contributed by atoms with Gasteiger partial charge in [-0.1, -0.05) is 23.4 Å².